The van der Waals surface area contributed by atoms with E-state index in [0.717, 1.165) is 17.5 Å². The monoisotopic (exact) mass is 429 g/mol. The summed E-state index contributed by atoms with van der Waals surface area (Å²) >= 11 is 6.36. The molecule has 0 aromatic heterocycles. The lowest BCUT2D eigenvalue weighted by Crippen LogP contribution is -2.41. The van der Waals surface area contributed by atoms with Gasteiger partial charge in [-0.25, -0.2) is 10.9 Å². The van der Waals surface area contributed by atoms with Crippen LogP contribution in [0.15, 0.2) is 36.4 Å². The van der Waals surface area contributed by atoms with Crippen LogP contribution >= 0.6 is 11.6 Å². The zero-order valence-electron chi connectivity index (χ0n) is 17.2. The Hall–Kier alpha value is -2.12. The normalized spacial score (nSPS) is 25.7. The molecule has 2 heterocycles. The first-order chi connectivity index (χ1) is 14.5. The third-order valence-electron chi connectivity index (χ3n) is 6.34. The lowest BCUT2D eigenvalue weighted by atomic mass is 9.82. The second-order valence-corrected chi connectivity index (χ2v) is 8.54. The maximum atomic E-state index is 13.2. The topological polar surface area (TPSA) is 84.8 Å². The highest BCUT2D eigenvalue weighted by Gasteiger charge is 2.55. The zero-order chi connectivity index (χ0) is 21.4. The first-order valence-corrected chi connectivity index (χ1v) is 10.8. The first kappa shape index (κ1) is 21.1. The standard InChI is InChI=1S/C23H28ClN3O3/c1-3-14-5-7-15(8-6-14)22-19-20(16-12-17(24)13(2)11-18(16)29)25-26-21(19)23(30)27(22)9-4-10-28/h5-8,11-12,19-22,25-26,28-29H,3-4,9-10H2,1-2H3. The summed E-state index contributed by atoms with van der Waals surface area (Å²) in [5.41, 5.74) is 10.2. The molecule has 2 saturated heterocycles. The molecule has 4 N–H and O–H groups in total. The van der Waals surface area contributed by atoms with Gasteiger partial charge in [0.2, 0.25) is 5.91 Å². The van der Waals surface area contributed by atoms with Crippen molar-refractivity contribution in [3.05, 3.63) is 63.7 Å². The number of rotatable bonds is 6. The van der Waals surface area contributed by atoms with Crippen LogP contribution in [0.2, 0.25) is 5.02 Å². The Labute approximate surface area is 181 Å². The predicted molar refractivity (Wildman–Crippen MR) is 116 cm³/mol. The van der Waals surface area contributed by atoms with Crippen molar-refractivity contribution in [2.75, 3.05) is 13.2 Å². The molecule has 2 aromatic carbocycles. The number of hydrogen-bond donors (Lipinski definition) is 4. The molecule has 7 heteroatoms. The van der Waals surface area contributed by atoms with Crippen LogP contribution in [0, 0.1) is 12.8 Å². The number of aliphatic hydroxyl groups excluding tert-OH is 1. The number of nitrogens with zero attached hydrogens (tertiary/aromatic N) is 1. The van der Waals surface area contributed by atoms with Gasteiger partial charge in [-0.05, 0) is 48.6 Å². The molecule has 2 aliphatic rings. The van der Waals surface area contributed by atoms with Crippen molar-refractivity contribution < 1.29 is 15.0 Å². The average molecular weight is 430 g/mol. The SMILES string of the molecule is CCc1ccc(C2C3C(NNC3c3cc(Cl)c(C)cc3O)C(=O)N2CCCO)cc1. The maximum Gasteiger partial charge on any atom is 0.242 e. The number of phenolic OH excluding ortho intramolecular Hbond substituents is 1. The summed E-state index contributed by atoms with van der Waals surface area (Å²) < 4.78 is 0. The van der Waals surface area contributed by atoms with E-state index < -0.39 is 6.04 Å². The molecule has 0 spiro atoms. The zero-order valence-corrected chi connectivity index (χ0v) is 18.0. The Morgan fingerprint density at radius 2 is 1.83 bits per heavy atom. The van der Waals surface area contributed by atoms with Crippen molar-refractivity contribution in [3.63, 3.8) is 0 Å². The smallest absolute Gasteiger partial charge is 0.242 e. The van der Waals surface area contributed by atoms with Gasteiger partial charge in [-0.1, -0.05) is 42.8 Å². The van der Waals surface area contributed by atoms with Crippen LogP contribution < -0.4 is 10.9 Å². The molecule has 2 aromatic rings. The second-order valence-electron chi connectivity index (χ2n) is 8.13. The summed E-state index contributed by atoms with van der Waals surface area (Å²) in [6, 6.07) is 10.9. The number of aryl methyl sites for hydroxylation is 2. The van der Waals surface area contributed by atoms with Crippen LogP contribution in [-0.4, -0.2) is 40.2 Å². The minimum absolute atomic E-state index is 0.00529. The summed E-state index contributed by atoms with van der Waals surface area (Å²) in [6.45, 7) is 4.48. The molecule has 4 rings (SSSR count). The van der Waals surface area contributed by atoms with Gasteiger partial charge in [0.05, 0.1) is 12.1 Å². The summed E-state index contributed by atoms with van der Waals surface area (Å²) in [5, 5.41) is 20.6. The number of aromatic hydroxyl groups is 1. The summed E-state index contributed by atoms with van der Waals surface area (Å²) in [4.78, 5) is 15.1. The third kappa shape index (κ3) is 3.58. The molecule has 0 saturated carbocycles. The van der Waals surface area contributed by atoms with E-state index in [4.69, 9.17) is 11.6 Å². The van der Waals surface area contributed by atoms with Gasteiger partial charge in [0.15, 0.2) is 0 Å². The lowest BCUT2D eigenvalue weighted by Gasteiger charge is -2.31. The maximum absolute atomic E-state index is 13.2. The fourth-order valence-corrected chi connectivity index (χ4v) is 4.91. The van der Waals surface area contributed by atoms with E-state index in [9.17, 15) is 15.0 Å². The van der Waals surface area contributed by atoms with Gasteiger partial charge in [0.1, 0.15) is 11.8 Å². The molecule has 2 aliphatic heterocycles. The first-order valence-electron chi connectivity index (χ1n) is 10.5. The molecule has 0 radical (unpaired) electrons. The molecular formula is C23H28ClN3O3. The Morgan fingerprint density at radius 1 is 1.13 bits per heavy atom. The summed E-state index contributed by atoms with van der Waals surface area (Å²) in [6.07, 6.45) is 1.47. The van der Waals surface area contributed by atoms with Gasteiger partial charge in [0, 0.05) is 29.7 Å². The molecule has 160 valence electrons. The fraction of sp³-hybridized carbons (Fsp3) is 0.435. The van der Waals surface area contributed by atoms with E-state index in [2.05, 4.69) is 42.0 Å². The van der Waals surface area contributed by atoms with Crippen LogP contribution in [0.1, 0.15) is 47.7 Å². The van der Waals surface area contributed by atoms with Gasteiger partial charge in [-0.2, -0.15) is 0 Å². The molecule has 6 nitrogen and oxygen atoms in total. The highest BCUT2D eigenvalue weighted by molar-refractivity contribution is 6.31. The number of nitrogens with one attached hydrogen (secondary N) is 2. The van der Waals surface area contributed by atoms with Crippen molar-refractivity contribution in [3.8, 4) is 5.75 Å². The Balaban J connectivity index is 1.76. The van der Waals surface area contributed by atoms with Crippen molar-refractivity contribution in [1.29, 1.82) is 0 Å². The van der Waals surface area contributed by atoms with Gasteiger partial charge in [-0.15, -0.1) is 0 Å². The van der Waals surface area contributed by atoms with Gasteiger partial charge in [0.25, 0.3) is 0 Å². The van der Waals surface area contributed by atoms with Gasteiger partial charge >= 0.3 is 0 Å². The molecule has 30 heavy (non-hydrogen) atoms. The number of phenols is 1. The predicted octanol–water partition coefficient (Wildman–Crippen LogP) is 3.02. The summed E-state index contributed by atoms with van der Waals surface area (Å²) in [5.74, 6) is 0.0391. The largest absolute Gasteiger partial charge is 0.508 e. The van der Waals surface area contributed by atoms with Crippen LogP contribution in [0.4, 0.5) is 0 Å². The lowest BCUT2D eigenvalue weighted by molar-refractivity contribution is -0.130. The van der Waals surface area contributed by atoms with E-state index in [1.54, 1.807) is 12.1 Å². The average Bonchev–Trinajstić information content (AvgIpc) is 3.28. The van der Waals surface area contributed by atoms with E-state index >= 15 is 0 Å². The number of likely N-dealkylation sites (tertiary alicyclic amines) is 1. The number of carbonyl (C=O) groups excluding carboxylic acids is 1. The minimum atomic E-state index is -0.413. The van der Waals surface area contributed by atoms with Crippen molar-refractivity contribution in [2.24, 2.45) is 5.92 Å². The van der Waals surface area contributed by atoms with Crippen molar-refractivity contribution >= 4 is 17.5 Å². The molecule has 1 amide bonds. The Bertz CT molecular complexity index is 934. The number of hydrogen-bond acceptors (Lipinski definition) is 5. The number of amides is 1. The van der Waals surface area contributed by atoms with Crippen LogP contribution in [0.3, 0.4) is 0 Å². The van der Waals surface area contributed by atoms with Crippen LogP contribution in [0.25, 0.3) is 0 Å². The highest BCUT2D eigenvalue weighted by Crippen LogP contribution is 2.49. The number of carbonyl (C=O) groups is 1. The van der Waals surface area contributed by atoms with E-state index in [1.807, 2.05) is 11.8 Å². The van der Waals surface area contributed by atoms with Gasteiger partial charge < -0.3 is 15.1 Å². The van der Waals surface area contributed by atoms with Crippen molar-refractivity contribution in [2.45, 2.75) is 44.8 Å². The van der Waals surface area contributed by atoms with E-state index in [-0.39, 0.29) is 36.3 Å². The van der Waals surface area contributed by atoms with Gasteiger partial charge in [-0.3, -0.25) is 4.79 Å². The number of halogens is 1. The number of hydrazine groups is 1. The fourth-order valence-electron chi connectivity index (χ4n) is 4.74. The van der Waals surface area contributed by atoms with Crippen LogP contribution in [0.5, 0.6) is 5.75 Å². The molecule has 2 fully saturated rings. The second kappa shape index (κ2) is 8.55. The summed E-state index contributed by atoms with van der Waals surface area (Å²) in [7, 11) is 0. The molecule has 4 unspecified atom stereocenters. The number of benzene rings is 2. The quantitative estimate of drug-likeness (QED) is 0.567. The Kier molecular flexibility index (Phi) is 6.02. The number of aliphatic hydroxyl groups is 1. The minimum Gasteiger partial charge on any atom is -0.508 e. The third-order valence-corrected chi connectivity index (χ3v) is 6.75. The van der Waals surface area contributed by atoms with Crippen molar-refractivity contribution in [1.82, 2.24) is 15.8 Å². The number of fused-ring (bicyclic) bond motifs is 1. The molecule has 4 atom stereocenters. The Morgan fingerprint density at radius 3 is 2.50 bits per heavy atom. The van der Waals surface area contributed by atoms with Crippen LogP contribution in [-0.2, 0) is 11.2 Å². The molecular weight excluding hydrogens is 402 g/mol. The molecule has 0 aliphatic carbocycles. The highest BCUT2D eigenvalue weighted by atomic mass is 35.5. The van der Waals surface area contributed by atoms with E-state index in [0.29, 0.717) is 23.6 Å². The van der Waals surface area contributed by atoms with E-state index in [1.165, 1.54) is 5.56 Å². The molecule has 0 bridgehead atoms.